The fraction of sp³-hybridized carbons (Fsp3) is 0.316. The Morgan fingerprint density at radius 3 is 2.48 bits per heavy atom. The Morgan fingerprint density at radius 1 is 1.09 bits per heavy atom. The van der Waals surface area contributed by atoms with Crippen molar-refractivity contribution in [1.82, 2.24) is 9.55 Å². The van der Waals surface area contributed by atoms with Gasteiger partial charge in [0, 0.05) is 17.8 Å². The van der Waals surface area contributed by atoms with Gasteiger partial charge >= 0.3 is 0 Å². The fourth-order valence-corrected chi connectivity index (χ4v) is 2.60. The van der Waals surface area contributed by atoms with E-state index in [1.165, 1.54) is 5.56 Å². The number of nitrogens with one attached hydrogen (secondary N) is 1. The molecule has 0 bridgehead atoms. The standard InChI is InChI=1S/C19H23N3O/c1-19(2,3)22-13-21-17-11-15(7-10-18(17)22)20-12-14-5-8-16(23-4)9-6-14/h5-11,13,20H,12H2,1-4H3. The Kier molecular flexibility index (Phi) is 3.99. The van der Waals surface area contributed by atoms with Gasteiger partial charge < -0.3 is 14.6 Å². The van der Waals surface area contributed by atoms with Gasteiger partial charge in [-0.25, -0.2) is 4.98 Å². The summed E-state index contributed by atoms with van der Waals surface area (Å²) < 4.78 is 7.38. The lowest BCUT2D eigenvalue weighted by atomic mass is 10.1. The molecule has 1 heterocycles. The second kappa shape index (κ2) is 5.95. The van der Waals surface area contributed by atoms with Crippen molar-refractivity contribution < 1.29 is 4.74 Å². The third kappa shape index (κ3) is 3.31. The lowest BCUT2D eigenvalue weighted by molar-refractivity contribution is 0.408. The van der Waals surface area contributed by atoms with Crippen molar-refractivity contribution >= 4 is 16.7 Å². The molecular weight excluding hydrogens is 286 g/mol. The van der Waals surface area contributed by atoms with Gasteiger partial charge in [0.2, 0.25) is 0 Å². The summed E-state index contributed by atoms with van der Waals surface area (Å²) in [7, 11) is 1.68. The molecule has 0 aliphatic carbocycles. The van der Waals surface area contributed by atoms with Gasteiger partial charge in [-0.3, -0.25) is 0 Å². The maximum absolute atomic E-state index is 5.18. The summed E-state index contributed by atoms with van der Waals surface area (Å²) in [5, 5.41) is 3.45. The van der Waals surface area contributed by atoms with E-state index in [1.807, 2.05) is 18.5 Å². The Morgan fingerprint density at radius 2 is 1.83 bits per heavy atom. The first-order valence-corrected chi connectivity index (χ1v) is 7.82. The molecule has 0 fully saturated rings. The largest absolute Gasteiger partial charge is 0.497 e. The third-order valence-electron chi connectivity index (χ3n) is 3.93. The zero-order chi connectivity index (χ0) is 16.4. The highest BCUT2D eigenvalue weighted by molar-refractivity contribution is 5.79. The van der Waals surface area contributed by atoms with Gasteiger partial charge in [0.15, 0.2) is 0 Å². The third-order valence-corrected chi connectivity index (χ3v) is 3.93. The van der Waals surface area contributed by atoms with Crippen LogP contribution in [0.2, 0.25) is 0 Å². The monoisotopic (exact) mass is 309 g/mol. The van der Waals surface area contributed by atoms with E-state index in [0.29, 0.717) is 0 Å². The van der Waals surface area contributed by atoms with Gasteiger partial charge in [-0.15, -0.1) is 0 Å². The quantitative estimate of drug-likeness (QED) is 0.776. The summed E-state index contributed by atoms with van der Waals surface area (Å²) in [6.07, 6.45) is 1.91. The molecule has 0 saturated heterocycles. The lowest BCUT2D eigenvalue weighted by Crippen LogP contribution is -2.20. The van der Waals surface area contributed by atoms with Gasteiger partial charge in [-0.2, -0.15) is 0 Å². The second-order valence-corrected chi connectivity index (χ2v) is 6.69. The van der Waals surface area contributed by atoms with Crippen LogP contribution >= 0.6 is 0 Å². The van der Waals surface area contributed by atoms with Crippen molar-refractivity contribution in [3.8, 4) is 5.75 Å². The minimum absolute atomic E-state index is 0.0345. The van der Waals surface area contributed by atoms with E-state index in [1.54, 1.807) is 7.11 Å². The topological polar surface area (TPSA) is 39.1 Å². The summed E-state index contributed by atoms with van der Waals surface area (Å²) >= 11 is 0. The number of rotatable bonds is 4. The van der Waals surface area contributed by atoms with Gasteiger partial charge in [0.05, 0.1) is 24.5 Å². The number of anilines is 1. The molecule has 3 rings (SSSR count). The molecule has 0 radical (unpaired) electrons. The molecule has 0 unspecified atom stereocenters. The predicted octanol–water partition coefficient (Wildman–Crippen LogP) is 4.41. The number of aromatic nitrogens is 2. The molecule has 23 heavy (non-hydrogen) atoms. The number of nitrogens with zero attached hydrogens (tertiary/aromatic N) is 2. The molecule has 120 valence electrons. The van der Waals surface area contributed by atoms with Gasteiger partial charge in [-0.1, -0.05) is 12.1 Å². The summed E-state index contributed by atoms with van der Waals surface area (Å²) in [6, 6.07) is 14.4. The molecule has 1 aromatic heterocycles. The normalized spacial score (nSPS) is 11.7. The number of hydrogen-bond acceptors (Lipinski definition) is 3. The molecule has 1 N–H and O–H groups in total. The van der Waals surface area contributed by atoms with Crippen LogP contribution in [0, 0.1) is 0 Å². The van der Waals surface area contributed by atoms with Crippen molar-refractivity contribution in [2.24, 2.45) is 0 Å². The molecular formula is C19H23N3O. The van der Waals surface area contributed by atoms with Crippen LogP contribution in [0.1, 0.15) is 26.3 Å². The Hall–Kier alpha value is -2.49. The van der Waals surface area contributed by atoms with Crippen molar-refractivity contribution in [3.63, 3.8) is 0 Å². The van der Waals surface area contributed by atoms with Crippen molar-refractivity contribution in [2.45, 2.75) is 32.9 Å². The first-order chi connectivity index (χ1) is 11.0. The first kappa shape index (κ1) is 15.4. The van der Waals surface area contributed by atoms with Gasteiger partial charge in [-0.05, 0) is 56.7 Å². The van der Waals surface area contributed by atoms with E-state index in [9.17, 15) is 0 Å². The number of ether oxygens (including phenoxy) is 1. The van der Waals surface area contributed by atoms with Gasteiger partial charge in [0.1, 0.15) is 5.75 Å². The molecule has 2 aromatic carbocycles. The van der Waals surface area contributed by atoms with Crippen LogP contribution in [0.5, 0.6) is 5.75 Å². The van der Waals surface area contributed by atoms with Crippen LogP contribution in [0.3, 0.4) is 0 Å². The summed E-state index contributed by atoms with van der Waals surface area (Å²) in [6.45, 7) is 7.33. The number of imidazole rings is 1. The van der Waals surface area contributed by atoms with E-state index in [0.717, 1.165) is 29.0 Å². The molecule has 0 spiro atoms. The molecule has 0 aliphatic rings. The van der Waals surface area contributed by atoms with E-state index in [4.69, 9.17) is 4.74 Å². The maximum Gasteiger partial charge on any atom is 0.118 e. The van der Waals surface area contributed by atoms with E-state index in [2.05, 4.69) is 66.0 Å². The van der Waals surface area contributed by atoms with Crippen molar-refractivity contribution in [3.05, 3.63) is 54.4 Å². The Labute approximate surface area is 137 Å². The predicted molar refractivity (Wildman–Crippen MR) is 95.0 cm³/mol. The first-order valence-electron chi connectivity index (χ1n) is 7.82. The minimum atomic E-state index is 0.0345. The molecule has 0 saturated carbocycles. The molecule has 0 atom stereocenters. The van der Waals surface area contributed by atoms with E-state index in [-0.39, 0.29) is 5.54 Å². The highest BCUT2D eigenvalue weighted by Crippen LogP contribution is 2.24. The highest BCUT2D eigenvalue weighted by Gasteiger charge is 2.15. The minimum Gasteiger partial charge on any atom is -0.497 e. The number of fused-ring (bicyclic) bond motifs is 1. The molecule has 0 aliphatic heterocycles. The van der Waals surface area contributed by atoms with Crippen LogP contribution in [-0.4, -0.2) is 16.7 Å². The van der Waals surface area contributed by atoms with Gasteiger partial charge in [0.25, 0.3) is 0 Å². The van der Waals surface area contributed by atoms with Crippen molar-refractivity contribution in [2.75, 3.05) is 12.4 Å². The zero-order valence-electron chi connectivity index (χ0n) is 14.1. The van der Waals surface area contributed by atoms with Crippen LogP contribution in [0.4, 0.5) is 5.69 Å². The SMILES string of the molecule is COc1ccc(CNc2ccc3c(c2)ncn3C(C)(C)C)cc1. The van der Waals surface area contributed by atoms with Crippen LogP contribution in [-0.2, 0) is 12.1 Å². The average Bonchev–Trinajstić information content (AvgIpc) is 2.96. The molecule has 0 amide bonds. The smallest absolute Gasteiger partial charge is 0.118 e. The van der Waals surface area contributed by atoms with Crippen LogP contribution < -0.4 is 10.1 Å². The number of benzene rings is 2. The van der Waals surface area contributed by atoms with Crippen LogP contribution in [0.15, 0.2) is 48.8 Å². The van der Waals surface area contributed by atoms with E-state index >= 15 is 0 Å². The van der Waals surface area contributed by atoms with E-state index < -0.39 is 0 Å². The summed E-state index contributed by atoms with van der Waals surface area (Å²) in [5.74, 6) is 0.878. The van der Waals surface area contributed by atoms with Crippen LogP contribution in [0.25, 0.3) is 11.0 Å². The Balaban J connectivity index is 1.76. The average molecular weight is 309 g/mol. The van der Waals surface area contributed by atoms with Crippen molar-refractivity contribution in [1.29, 1.82) is 0 Å². The lowest BCUT2D eigenvalue weighted by Gasteiger charge is -2.21. The highest BCUT2D eigenvalue weighted by atomic mass is 16.5. The molecule has 4 nitrogen and oxygen atoms in total. The maximum atomic E-state index is 5.18. The number of hydrogen-bond donors (Lipinski definition) is 1. The second-order valence-electron chi connectivity index (χ2n) is 6.69. The molecule has 3 aromatic rings. The number of methoxy groups -OCH3 is 1. The summed E-state index contributed by atoms with van der Waals surface area (Å²) in [5.41, 5.74) is 4.50. The zero-order valence-corrected chi connectivity index (χ0v) is 14.1. The summed E-state index contributed by atoms with van der Waals surface area (Å²) in [4.78, 5) is 4.53. The fourth-order valence-electron chi connectivity index (χ4n) is 2.60. The molecule has 4 heteroatoms. The Bertz CT molecular complexity index is 798.